The normalized spacial score (nSPS) is 15.2. The van der Waals surface area contributed by atoms with Crippen LogP contribution in [0.3, 0.4) is 0 Å². The van der Waals surface area contributed by atoms with Crippen molar-refractivity contribution in [3.8, 4) is 0 Å². The predicted octanol–water partition coefficient (Wildman–Crippen LogP) is 1.28. The third kappa shape index (κ3) is 3.27. The van der Waals surface area contributed by atoms with Gasteiger partial charge < -0.3 is 14.7 Å². The molecule has 108 valence electrons. The molecule has 2 heterocycles. The molecule has 0 saturated carbocycles. The summed E-state index contributed by atoms with van der Waals surface area (Å²) in [6, 6.07) is 3.48. The van der Waals surface area contributed by atoms with Crippen LogP contribution < -0.4 is 0 Å². The highest BCUT2D eigenvalue weighted by Gasteiger charge is 2.25. The van der Waals surface area contributed by atoms with Crippen molar-refractivity contribution in [3.63, 3.8) is 0 Å². The summed E-state index contributed by atoms with van der Waals surface area (Å²) in [7, 11) is 3.46. The first-order valence-corrected chi connectivity index (χ1v) is 7.15. The average molecular weight is 341 g/mol. The molecule has 7 heteroatoms. The van der Waals surface area contributed by atoms with E-state index in [0.29, 0.717) is 36.3 Å². The molecule has 1 fully saturated rings. The van der Waals surface area contributed by atoms with Crippen LogP contribution in [0.25, 0.3) is 0 Å². The molecule has 0 atom stereocenters. The minimum atomic E-state index is -0.0399. The van der Waals surface area contributed by atoms with E-state index in [0.717, 1.165) is 0 Å². The van der Waals surface area contributed by atoms with Gasteiger partial charge in [0.15, 0.2) is 0 Å². The second-order valence-corrected chi connectivity index (χ2v) is 5.64. The van der Waals surface area contributed by atoms with Gasteiger partial charge in [-0.05, 0) is 28.1 Å². The summed E-state index contributed by atoms with van der Waals surface area (Å²) in [6.07, 6.45) is 1.56. The van der Waals surface area contributed by atoms with Crippen LogP contribution in [0, 0.1) is 0 Å². The van der Waals surface area contributed by atoms with Crippen molar-refractivity contribution < 1.29 is 9.59 Å². The Morgan fingerprint density at radius 2 is 1.75 bits per heavy atom. The minimum absolute atomic E-state index is 0.0117. The highest BCUT2D eigenvalue weighted by Crippen LogP contribution is 2.11. The monoisotopic (exact) mass is 340 g/mol. The predicted molar refractivity (Wildman–Crippen MR) is 78.5 cm³/mol. The molecule has 3 amide bonds. The summed E-state index contributed by atoms with van der Waals surface area (Å²) in [5, 5.41) is 0. The standard InChI is InChI=1S/C13H17BrN4O2/c1-16(2)13(20)18-7-5-17(6-8-18)12(19)10-3-4-11(14)15-9-10/h3-4,9H,5-8H2,1-2H3. The Balaban J connectivity index is 1.95. The fraction of sp³-hybridized carbons (Fsp3) is 0.462. The third-order valence-electron chi connectivity index (χ3n) is 3.19. The van der Waals surface area contributed by atoms with Gasteiger partial charge in [0.25, 0.3) is 5.91 Å². The van der Waals surface area contributed by atoms with Crippen LogP contribution in [0.4, 0.5) is 4.79 Å². The first-order chi connectivity index (χ1) is 9.49. The van der Waals surface area contributed by atoms with E-state index in [-0.39, 0.29) is 11.9 Å². The lowest BCUT2D eigenvalue weighted by Crippen LogP contribution is -2.52. The first kappa shape index (κ1) is 14.8. The van der Waals surface area contributed by atoms with Gasteiger partial charge in [-0.15, -0.1) is 0 Å². The SMILES string of the molecule is CN(C)C(=O)N1CCN(C(=O)c2ccc(Br)nc2)CC1. The van der Waals surface area contributed by atoms with Crippen molar-refractivity contribution >= 4 is 27.9 Å². The zero-order chi connectivity index (χ0) is 14.7. The topological polar surface area (TPSA) is 56.8 Å². The summed E-state index contributed by atoms with van der Waals surface area (Å²) in [5.41, 5.74) is 0.570. The van der Waals surface area contributed by atoms with Gasteiger partial charge in [-0.2, -0.15) is 0 Å². The molecule has 6 nitrogen and oxygen atoms in total. The Morgan fingerprint density at radius 1 is 1.15 bits per heavy atom. The molecule has 0 bridgehead atoms. The van der Waals surface area contributed by atoms with Crippen LogP contribution in [0.15, 0.2) is 22.9 Å². The van der Waals surface area contributed by atoms with E-state index in [4.69, 9.17) is 0 Å². The number of halogens is 1. The van der Waals surface area contributed by atoms with Gasteiger partial charge in [-0.1, -0.05) is 0 Å². The van der Waals surface area contributed by atoms with E-state index in [2.05, 4.69) is 20.9 Å². The molecule has 20 heavy (non-hydrogen) atoms. The van der Waals surface area contributed by atoms with Gasteiger partial charge in [0, 0.05) is 46.5 Å². The van der Waals surface area contributed by atoms with Gasteiger partial charge >= 0.3 is 6.03 Å². The second kappa shape index (κ2) is 6.21. The quantitative estimate of drug-likeness (QED) is 0.723. The molecular weight excluding hydrogens is 324 g/mol. The van der Waals surface area contributed by atoms with E-state index in [1.807, 2.05) is 0 Å². The number of urea groups is 1. The lowest BCUT2D eigenvalue weighted by Gasteiger charge is -2.35. The molecular formula is C13H17BrN4O2. The summed E-state index contributed by atoms with van der Waals surface area (Å²) < 4.78 is 0.704. The highest BCUT2D eigenvalue weighted by molar-refractivity contribution is 9.10. The fourth-order valence-corrected chi connectivity index (χ4v) is 2.30. The number of piperazine rings is 1. The fourth-order valence-electron chi connectivity index (χ4n) is 2.07. The Kier molecular flexibility index (Phi) is 4.59. The van der Waals surface area contributed by atoms with Gasteiger partial charge in [0.2, 0.25) is 0 Å². The Bertz CT molecular complexity index is 496. The van der Waals surface area contributed by atoms with E-state index in [1.54, 1.807) is 47.1 Å². The number of pyridine rings is 1. The van der Waals surface area contributed by atoms with E-state index >= 15 is 0 Å². The molecule has 0 radical (unpaired) electrons. The molecule has 0 unspecified atom stereocenters. The maximum absolute atomic E-state index is 12.3. The van der Waals surface area contributed by atoms with Crippen molar-refractivity contribution in [1.82, 2.24) is 19.7 Å². The van der Waals surface area contributed by atoms with Gasteiger partial charge in [-0.3, -0.25) is 4.79 Å². The molecule has 1 aliphatic rings. The molecule has 1 aliphatic heterocycles. The average Bonchev–Trinajstić information content (AvgIpc) is 2.46. The lowest BCUT2D eigenvalue weighted by molar-refractivity contribution is 0.0650. The largest absolute Gasteiger partial charge is 0.335 e. The van der Waals surface area contributed by atoms with Crippen LogP contribution in [0.2, 0.25) is 0 Å². The number of nitrogens with zero attached hydrogens (tertiary/aromatic N) is 4. The van der Waals surface area contributed by atoms with E-state index in [9.17, 15) is 9.59 Å². The smallest absolute Gasteiger partial charge is 0.319 e. The maximum Gasteiger partial charge on any atom is 0.319 e. The van der Waals surface area contributed by atoms with Crippen molar-refractivity contribution in [2.45, 2.75) is 0 Å². The van der Waals surface area contributed by atoms with Crippen LogP contribution in [-0.4, -0.2) is 71.9 Å². The third-order valence-corrected chi connectivity index (χ3v) is 3.66. The molecule has 2 rings (SSSR count). The molecule has 1 aromatic heterocycles. The van der Waals surface area contributed by atoms with E-state index < -0.39 is 0 Å². The molecule has 1 aromatic rings. The zero-order valence-corrected chi connectivity index (χ0v) is 13.1. The number of amides is 3. The number of hydrogen-bond acceptors (Lipinski definition) is 3. The molecule has 1 saturated heterocycles. The van der Waals surface area contributed by atoms with Crippen LogP contribution >= 0.6 is 15.9 Å². The molecule has 0 N–H and O–H groups in total. The molecule has 0 aliphatic carbocycles. The Labute approximate surface area is 126 Å². The summed E-state index contributed by atoms with van der Waals surface area (Å²) in [4.78, 5) is 33.2. The van der Waals surface area contributed by atoms with Gasteiger partial charge in [-0.25, -0.2) is 9.78 Å². The van der Waals surface area contributed by atoms with Crippen LogP contribution in [0.5, 0.6) is 0 Å². The Hall–Kier alpha value is -1.63. The number of hydrogen-bond donors (Lipinski definition) is 0. The van der Waals surface area contributed by atoms with Gasteiger partial charge in [0.05, 0.1) is 5.56 Å². The number of aromatic nitrogens is 1. The van der Waals surface area contributed by atoms with Crippen LogP contribution in [0.1, 0.15) is 10.4 Å². The van der Waals surface area contributed by atoms with Crippen LogP contribution in [-0.2, 0) is 0 Å². The van der Waals surface area contributed by atoms with Crippen molar-refractivity contribution in [2.75, 3.05) is 40.3 Å². The lowest BCUT2D eigenvalue weighted by atomic mass is 10.2. The highest BCUT2D eigenvalue weighted by atomic mass is 79.9. The minimum Gasteiger partial charge on any atom is -0.335 e. The summed E-state index contributed by atoms with van der Waals surface area (Å²) in [5.74, 6) is -0.0399. The van der Waals surface area contributed by atoms with Crippen molar-refractivity contribution in [1.29, 1.82) is 0 Å². The first-order valence-electron chi connectivity index (χ1n) is 6.36. The second-order valence-electron chi connectivity index (χ2n) is 4.83. The maximum atomic E-state index is 12.3. The number of carbonyl (C=O) groups excluding carboxylic acids is 2. The molecule has 0 spiro atoms. The van der Waals surface area contributed by atoms with Gasteiger partial charge in [0.1, 0.15) is 4.60 Å². The summed E-state index contributed by atoms with van der Waals surface area (Å²) in [6.45, 7) is 2.22. The van der Waals surface area contributed by atoms with Crippen molar-refractivity contribution in [3.05, 3.63) is 28.5 Å². The number of rotatable bonds is 1. The zero-order valence-electron chi connectivity index (χ0n) is 11.5. The Morgan fingerprint density at radius 3 is 2.25 bits per heavy atom. The molecule has 0 aromatic carbocycles. The number of carbonyl (C=O) groups is 2. The van der Waals surface area contributed by atoms with E-state index in [1.165, 1.54) is 0 Å². The summed E-state index contributed by atoms with van der Waals surface area (Å²) >= 11 is 3.24. The van der Waals surface area contributed by atoms with Crippen molar-refractivity contribution in [2.24, 2.45) is 0 Å².